The summed E-state index contributed by atoms with van der Waals surface area (Å²) >= 11 is 0. The summed E-state index contributed by atoms with van der Waals surface area (Å²) in [7, 11) is 0. The molecule has 3 rings (SSSR count). The number of anilines is 1. The normalized spacial score (nSPS) is 16.7. The molecule has 0 bridgehead atoms. The van der Waals surface area contributed by atoms with E-state index in [4.69, 9.17) is 9.40 Å². The summed E-state index contributed by atoms with van der Waals surface area (Å²) in [4.78, 5) is 15.3. The van der Waals surface area contributed by atoms with Crippen molar-refractivity contribution in [2.75, 3.05) is 5.32 Å². The lowest BCUT2D eigenvalue weighted by atomic mass is 9.93. The second kappa shape index (κ2) is 8.19. The Labute approximate surface area is 148 Å². The van der Waals surface area contributed by atoms with Crippen LogP contribution in [0.3, 0.4) is 0 Å². The molecule has 1 aliphatic carbocycles. The Morgan fingerprint density at radius 2 is 1.84 bits per heavy atom. The monoisotopic (exact) mass is 342 g/mol. The Hall–Kier alpha value is -2.30. The summed E-state index contributed by atoms with van der Waals surface area (Å²) in [6.45, 7) is 1.97. The predicted octanol–water partition coefficient (Wildman–Crippen LogP) is 5.14. The Morgan fingerprint density at radius 1 is 1.16 bits per heavy atom. The molecule has 1 saturated carbocycles. The van der Waals surface area contributed by atoms with E-state index in [1.165, 1.54) is 51.4 Å². The summed E-state index contributed by atoms with van der Waals surface area (Å²) in [6, 6.07) is 5.02. The van der Waals surface area contributed by atoms with Crippen molar-refractivity contribution in [1.82, 2.24) is 4.98 Å². The van der Waals surface area contributed by atoms with Gasteiger partial charge < -0.3 is 14.8 Å². The molecule has 1 aromatic heterocycles. The van der Waals surface area contributed by atoms with E-state index in [0.717, 1.165) is 11.5 Å². The number of nitrogens with zero attached hydrogens (tertiary/aromatic N) is 1. The highest BCUT2D eigenvalue weighted by Gasteiger charge is 2.21. The van der Waals surface area contributed by atoms with Crippen LogP contribution in [0.15, 0.2) is 22.6 Å². The van der Waals surface area contributed by atoms with Crippen molar-refractivity contribution in [3.05, 3.63) is 29.7 Å². The molecule has 5 heteroatoms. The molecule has 1 amide bonds. The Bertz CT molecular complexity index is 714. The highest BCUT2D eigenvalue weighted by Crippen LogP contribution is 2.35. The number of nitrogens with one attached hydrogen (secondary N) is 1. The standard InChI is InChI=1S/C20H26N2O3/c1-14-19(15-8-6-4-2-3-5-7-9-15)22-20(25-14)16-10-11-17(21-13-23)18(24)12-16/h10-13,15,24H,2-9H2,1H3,(H,21,23). The van der Waals surface area contributed by atoms with Crippen molar-refractivity contribution in [3.63, 3.8) is 0 Å². The first kappa shape index (κ1) is 17.5. The number of oxazole rings is 1. The largest absolute Gasteiger partial charge is 0.506 e. The van der Waals surface area contributed by atoms with Crippen molar-refractivity contribution in [1.29, 1.82) is 0 Å². The smallest absolute Gasteiger partial charge is 0.226 e. The van der Waals surface area contributed by atoms with Gasteiger partial charge in [0.2, 0.25) is 12.3 Å². The number of benzene rings is 1. The Balaban J connectivity index is 1.83. The van der Waals surface area contributed by atoms with E-state index in [-0.39, 0.29) is 5.75 Å². The van der Waals surface area contributed by atoms with E-state index in [1.807, 2.05) is 6.92 Å². The zero-order chi connectivity index (χ0) is 17.6. The van der Waals surface area contributed by atoms with Gasteiger partial charge >= 0.3 is 0 Å². The Morgan fingerprint density at radius 3 is 2.48 bits per heavy atom. The molecule has 2 N–H and O–H groups in total. The number of amides is 1. The number of carbonyl (C=O) groups excluding carboxylic acids is 1. The van der Waals surface area contributed by atoms with Crippen LogP contribution in [0.4, 0.5) is 5.69 Å². The molecule has 1 aliphatic rings. The van der Waals surface area contributed by atoms with Crippen molar-refractivity contribution in [2.45, 2.75) is 64.2 Å². The maximum Gasteiger partial charge on any atom is 0.226 e. The number of phenols is 1. The highest BCUT2D eigenvalue weighted by atomic mass is 16.4. The predicted molar refractivity (Wildman–Crippen MR) is 97.7 cm³/mol. The summed E-state index contributed by atoms with van der Waals surface area (Å²) in [6.07, 6.45) is 10.7. The number of rotatable bonds is 4. The molecule has 0 radical (unpaired) electrons. The van der Waals surface area contributed by atoms with Gasteiger partial charge in [-0.3, -0.25) is 4.79 Å². The molecule has 25 heavy (non-hydrogen) atoms. The number of aromatic nitrogens is 1. The average Bonchev–Trinajstić information content (AvgIpc) is 3.04. The fraction of sp³-hybridized carbons (Fsp3) is 0.500. The van der Waals surface area contributed by atoms with Gasteiger partial charge in [-0.1, -0.05) is 38.5 Å². The SMILES string of the molecule is Cc1oc(-c2ccc(NC=O)c(O)c2)nc1C1CCCCCCCC1. The number of carbonyl (C=O) groups is 1. The first-order valence-corrected chi connectivity index (χ1v) is 9.20. The van der Waals surface area contributed by atoms with E-state index in [1.54, 1.807) is 18.2 Å². The molecular weight excluding hydrogens is 316 g/mol. The van der Waals surface area contributed by atoms with E-state index >= 15 is 0 Å². The van der Waals surface area contributed by atoms with Crippen LogP contribution < -0.4 is 5.32 Å². The minimum atomic E-state index is 0.00412. The van der Waals surface area contributed by atoms with Crippen LogP contribution >= 0.6 is 0 Å². The van der Waals surface area contributed by atoms with Crippen LogP contribution in [0.25, 0.3) is 11.5 Å². The van der Waals surface area contributed by atoms with Crippen LogP contribution in [0.2, 0.25) is 0 Å². The number of hydrogen-bond donors (Lipinski definition) is 2. The van der Waals surface area contributed by atoms with Gasteiger partial charge in [-0.25, -0.2) is 4.98 Å². The van der Waals surface area contributed by atoms with E-state index in [0.29, 0.717) is 29.5 Å². The Kier molecular flexibility index (Phi) is 5.74. The molecule has 0 saturated heterocycles. The summed E-state index contributed by atoms with van der Waals surface area (Å²) < 4.78 is 5.90. The second-order valence-electron chi connectivity index (χ2n) is 6.85. The quantitative estimate of drug-likeness (QED) is 0.596. The topological polar surface area (TPSA) is 75.4 Å². The van der Waals surface area contributed by atoms with Crippen LogP contribution in [-0.2, 0) is 4.79 Å². The summed E-state index contributed by atoms with van der Waals surface area (Å²) in [5, 5.41) is 12.5. The summed E-state index contributed by atoms with van der Waals surface area (Å²) in [5.74, 6) is 1.86. The highest BCUT2D eigenvalue weighted by molar-refractivity contribution is 5.77. The number of hydrogen-bond acceptors (Lipinski definition) is 4. The van der Waals surface area contributed by atoms with Gasteiger partial charge in [0.05, 0.1) is 11.4 Å². The lowest BCUT2D eigenvalue weighted by molar-refractivity contribution is -0.105. The number of aryl methyl sites for hydroxylation is 1. The van der Waals surface area contributed by atoms with Crippen molar-refractivity contribution < 1.29 is 14.3 Å². The van der Waals surface area contributed by atoms with Gasteiger partial charge in [-0.15, -0.1) is 0 Å². The maximum atomic E-state index is 10.5. The third kappa shape index (κ3) is 4.21. The molecular formula is C20H26N2O3. The minimum absolute atomic E-state index is 0.00412. The van der Waals surface area contributed by atoms with Crippen molar-refractivity contribution in [2.24, 2.45) is 0 Å². The average molecular weight is 342 g/mol. The third-order valence-electron chi connectivity index (χ3n) is 5.03. The molecule has 0 spiro atoms. The maximum absolute atomic E-state index is 10.5. The molecule has 1 aromatic carbocycles. The molecule has 5 nitrogen and oxygen atoms in total. The molecule has 1 heterocycles. The lowest BCUT2D eigenvalue weighted by Crippen LogP contribution is -2.01. The molecule has 1 fully saturated rings. The van der Waals surface area contributed by atoms with Gasteiger partial charge in [-0.2, -0.15) is 0 Å². The molecule has 0 atom stereocenters. The fourth-order valence-electron chi connectivity index (χ4n) is 3.67. The van der Waals surface area contributed by atoms with E-state index < -0.39 is 0 Å². The molecule has 0 unspecified atom stereocenters. The van der Waals surface area contributed by atoms with Gasteiger partial charge in [0.25, 0.3) is 0 Å². The van der Waals surface area contributed by atoms with Gasteiger partial charge in [0, 0.05) is 11.5 Å². The molecule has 134 valence electrons. The van der Waals surface area contributed by atoms with Gasteiger partial charge in [0.15, 0.2) is 0 Å². The van der Waals surface area contributed by atoms with Crippen LogP contribution in [0, 0.1) is 6.92 Å². The zero-order valence-corrected chi connectivity index (χ0v) is 14.8. The number of aromatic hydroxyl groups is 1. The molecule has 0 aliphatic heterocycles. The lowest BCUT2D eigenvalue weighted by Gasteiger charge is -2.13. The first-order valence-electron chi connectivity index (χ1n) is 9.20. The third-order valence-corrected chi connectivity index (χ3v) is 5.03. The summed E-state index contributed by atoms with van der Waals surface area (Å²) in [5.41, 5.74) is 2.15. The van der Waals surface area contributed by atoms with Crippen LogP contribution in [0.1, 0.15) is 68.7 Å². The number of phenolic OH excluding ortho intramolecular Hbond substituents is 1. The molecule has 2 aromatic rings. The minimum Gasteiger partial charge on any atom is -0.506 e. The van der Waals surface area contributed by atoms with E-state index in [2.05, 4.69) is 5.32 Å². The zero-order valence-electron chi connectivity index (χ0n) is 14.8. The first-order chi connectivity index (χ1) is 12.2. The van der Waals surface area contributed by atoms with Crippen LogP contribution in [-0.4, -0.2) is 16.5 Å². The van der Waals surface area contributed by atoms with E-state index in [9.17, 15) is 9.90 Å². The van der Waals surface area contributed by atoms with Gasteiger partial charge in [0.1, 0.15) is 11.5 Å². The second-order valence-corrected chi connectivity index (χ2v) is 6.85. The fourth-order valence-corrected chi connectivity index (χ4v) is 3.67. The van der Waals surface area contributed by atoms with Gasteiger partial charge in [-0.05, 0) is 38.0 Å². The van der Waals surface area contributed by atoms with Crippen LogP contribution in [0.5, 0.6) is 5.75 Å². The van der Waals surface area contributed by atoms with Crippen molar-refractivity contribution in [3.8, 4) is 17.2 Å². The van der Waals surface area contributed by atoms with Crippen molar-refractivity contribution >= 4 is 12.1 Å².